The van der Waals surface area contributed by atoms with Gasteiger partial charge in [0.2, 0.25) is 5.82 Å². The number of aliphatic imine (C=N–C) groups is 1. The van der Waals surface area contributed by atoms with Crippen molar-refractivity contribution in [3.63, 3.8) is 0 Å². The maximum absolute atomic E-state index is 10.4. The van der Waals surface area contributed by atoms with Crippen LogP contribution >= 0.6 is 12.2 Å². The number of nitro groups is 1. The number of nitrogens with zero attached hydrogens (tertiary/aromatic N) is 4. The molecule has 1 rings (SSSR count). The van der Waals surface area contributed by atoms with Crippen LogP contribution in [0.1, 0.15) is 5.82 Å². The average molecular weight is 196 g/mol. The predicted octanol–water partition coefficient (Wildman–Crippen LogP) is 1.43. The van der Waals surface area contributed by atoms with E-state index in [1.165, 1.54) is 0 Å². The van der Waals surface area contributed by atoms with Gasteiger partial charge in [0.1, 0.15) is 12.0 Å². The van der Waals surface area contributed by atoms with Gasteiger partial charge in [-0.2, -0.15) is 4.99 Å². The molecule has 0 saturated heterocycles. The summed E-state index contributed by atoms with van der Waals surface area (Å²) in [6, 6.07) is 0. The van der Waals surface area contributed by atoms with Crippen LogP contribution in [0.15, 0.2) is 11.2 Å². The highest BCUT2D eigenvalue weighted by Gasteiger charge is 2.14. The van der Waals surface area contributed by atoms with Crippen LogP contribution in [0.3, 0.4) is 0 Å². The van der Waals surface area contributed by atoms with Gasteiger partial charge in [0.25, 0.3) is 0 Å². The Hall–Kier alpha value is -1.72. The van der Waals surface area contributed by atoms with E-state index in [2.05, 4.69) is 27.2 Å². The van der Waals surface area contributed by atoms with E-state index < -0.39 is 4.92 Å². The number of isothiocyanates is 1. The lowest BCUT2D eigenvalue weighted by molar-refractivity contribution is -0.384. The molecule has 6 nitrogen and oxygen atoms in total. The lowest BCUT2D eigenvalue weighted by Gasteiger charge is -1.94. The Morgan fingerprint density at radius 2 is 2.46 bits per heavy atom. The fourth-order valence-electron chi connectivity index (χ4n) is 0.706. The summed E-state index contributed by atoms with van der Waals surface area (Å²) in [7, 11) is 0. The molecule has 0 N–H and O–H groups in total. The first-order valence-corrected chi connectivity index (χ1v) is 3.62. The number of aromatic nitrogens is 2. The summed E-state index contributed by atoms with van der Waals surface area (Å²) >= 11 is 4.32. The summed E-state index contributed by atoms with van der Waals surface area (Å²) in [4.78, 5) is 20.7. The molecule has 0 radical (unpaired) electrons. The molecule has 0 fully saturated rings. The van der Waals surface area contributed by atoms with E-state index in [1.54, 1.807) is 6.92 Å². The Labute approximate surface area is 78.5 Å². The molecule has 0 spiro atoms. The highest BCUT2D eigenvalue weighted by Crippen LogP contribution is 2.22. The molecule has 13 heavy (non-hydrogen) atoms. The molecule has 1 aromatic heterocycles. The van der Waals surface area contributed by atoms with Crippen LogP contribution < -0.4 is 0 Å². The zero-order valence-electron chi connectivity index (χ0n) is 6.59. The summed E-state index contributed by atoms with van der Waals surface area (Å²) in [5.74, 6) is 0.335. The average Bonchev–Trinajstić information content (AvgIpc) is 2.04. The third-order valence-electron chi connectivity index (χ3n) is 1.22. The molecular weight excluding hydrogens is 192 g/mol. The van der Waals surface area contributed by atoms with Crippen LogP contribution in [-0.4, -0.2) is 20.1 Å². The minimum Gasteiger partial charge on any atom is -0.258 e. The largest absolute Gasteiger partial charge is 0.332 e. The Kier molecular flexibility index (Phi) is 2.73. The van der Waals surface area contributed by atoms with E-state index in [0.717, 1.165) is 6.20 Å². The van der Waals surface area contributed by atoms with Crippen molar-refractivity contribution in [2.24, 2.45) is 4.99 Å². The van der Waals surface area contributed by atoms with E-state index in [-0.39, 0.29) is 11.5 Å². The van der Waals surface area contributed by atoms with Gasteiger partial charge in [-0.15, -0.1) is 0 Å². The SMILES string of the molecule is Cc1ncc([N+](=O)[O-])c(N=C=S)n1. The quantitative estimate of drug-likeness (QED) is 0.309. The molecular formula is C6H4N4O2S. The molecule has 66 valence electrons. The van der Waals surface area contributed by atoms with Crippen molar-refractivity contribution in [2.75, 3.05) is 0 Å². The van der Waals surface area contributed by atoms with Crippen LogP contribution in [0, 0.1) is 17.0 Å². The smallest absolute Gasteiger partial charge is 0.258 e. The maximum Gasteiger partial charge on any atom is 0.332 e. The number of hydrogen-bond donors (Lipinski definition) is 0. The molecule has 0 amide bonds. The number of thiocarbonyl (C=S) groups is 1. The normalized spacial score (nSPS) is 9.00. The van der Waals surface area contributed by atoms with Crippen molar-refractivity contribution in [1.82, 2.24) is 9.97 Å². The molecule has 7 heteroatoms. The van der Waals surface area contributed by atoms with Gasteiger partial charge in [-0.25, -0.2) is 9.97 Å². The Morgan fingerprint density at radius 1 is 1.77 bits per heavy atom. The minimum atomic E-state index is -0.620. The fourth-order valence-corrected chi connectivity index (χ4v) is 0.792. The molecule has 0 unspecified atom stereocenters. The van der Waals surface area contributed by atoms with Crippen molar-refractivity contribution in [3.05, 3.63) is 22.1 Å². The van der Waals surface area contributed by atoms with Crippen molar-refractivity contribution in [3.8, 4) is 0 Å². The zero-order chi connectivity index (χ0) is 9.84. The number of hydrogen-bond acceptors (Lipinski definition) is 6. The van der Waals surface area contributed by atoms with Crippen LogP contribution in [0.2, 0.25) is 0 Å². The van der Waals surface area contributed by atoms with Gasteiger partial charge in [-0.05, 0) is 19.1 Å². The van der Waals surface area contributed by atoms with Crippen molar-refractivity contribution in [1.29, 1.82) is 0 Å². The molecule has 0 saturated carbocycles. The van der Waals surface area contributed by atoms with Crippen molar-refractivity contribution in [2.45, 2.75) is 6.92 Å². The Morgan fingerprint density at radius 3 is 3.00 bits per heavy atom. The van der Waals surface area contributed by atoms with Crippen LogP contribution in [0.5, 0.6) is 0 Å². The molecule has 0 aliphatic carbocycles. The van der Waals surface area contributed by atoms with Gasteiger partial charge in [0.15, 0.2) is 0 Å². The minimum absolute atomic E-state index is 0.0625. The van der Waals surface area contributed by atoms with Gasteiger partial charge < -0.3 is 0 Å². The molecule has 1 heterocycles. The van der Waals surface area contributed by atoms with Gasteiger partial charge in [-0.1, -0.05) is 0 Å². The zero-order valence-corrected chi connectivity index (χ0v) is 7.41. The second-order valence-electron chi connectivity index (χ2n) is 2.09. The van der Waals surface area contributed by atoms with Crippen molar-refractivity contribution >= 4 is 28.9 Å². The predicted molar refractivity (Wildman–Crippen MR) is 48.1 cm³/mol. The third kappa shape index (κ3) is 2.11. The van der Waals surface area contributed by atoms with Gasteiger partial charge in [0.05, 0.1) is 10.1 Å². The lowest BCUT2D eigenvalue weighted by Crippen LogP contribution is -1.94. The summed E-state index contributed by atoms with van der Waals surface area (Å²) in [6.45, 7) is 1.60. The summed E-state index contributed by atoms with van der Waals surface area (Å²) in [6.07, 6.45) is 1.09. The van der Waals surface area contributed by atoms with Gasteiger partial charge in [0, 0.05) is 0 Å². The Bertz CT molecular complexity index is 400. The number of aryl methyl sites for hydroxylation is 1. The lowest BCUT2D eigenvalue weighted by atomic mass is 10.5. The third-order valence-corrected chi connectivity index (χ3v) is 1.31. The monoisotopic (exact) mass is 196 g/mol. The fraction of sp³-hybridized carbons (Fsp3) is 0.167. The second kappa shape index (κ2) is 3.79. The molecule has 0 aliphatic heterocycles. The van der Waals surface area contributed by atoms with Crippen LogP contribution in [0.4, 0.5) is 11.5 Å². The maximum atomic E-state index is 10.4. The highest BCUT2D eigenvalue weighted by molar-refractivity contribution is 7.78. The van der Waals surface area contributed by atoms with E-state index >= 15 is 0 Å². The molecule has 0 atom stereocenters. The highest BCUT2D eigenvalue weighted by atomic mass is 32.1. The van der Waals surface area contributed by atoms with Crippen LogP contribution in [0.25, 0.3) is 0 Å². The van der Waals surface area contributed by atoms with E-state index in [0.29, 0.717) is 5.82 Å². The molecule has 0 aromatic carbocycles. The number of rotatable bonds is 2. The standard InChI is InChI=1S/C6H4N4O2S/c1-4-7-2-5(10(11)12)6(9-4)8-3-13/h2H,1H3. The van der Waals surface area contributed by atoms with E-state index in [9.17, 15) is 10.1 Å². The molecule has 0 bridgehead atoms. The topological polar surface area (TPSA) is 81.3 Å². The van der Waals surface area contributed by atoms with Crippen LogP contribution in [-0.2, 0) is 0 Å². The van der Waals surface area contributed by atoms with E-state index in [1.807, 2.05) is 5.16 Å². The molecule has 1 aromatic rings. The van der Waals surface area contributed by atoms with Gasteiger partial charge in [-0.3, -0.25) is 10.1 Å². The van der Waals surface area contributed by atoms with Gasteiger partial charge >= 0.3 is 5.69 Å². The first-order valence-electron chi connectivity index (χ1n) is 3.21. The second-order valence-corrected chi connectivity index (χ2v) is 2.27. The summed E-state index contributed by atoms with van der Waals surface area (Å²) < 4.78 is 0. The summed E-state index contributed by atoms with van der Waals surface area (Å²) in [5.41, 5.74) is -0.275. The first-order chi connectivity index (χ1) is 6.15. The Balaban J connectivity index is 3.34. The summed E-state index contributed by atoms with van der Waals surface area (Å²) in [5, 5.41) is 12.4. The van der Waals surface area contributed by atoms with Crippen molar-refractivity contribution < 1.29 is 4.92 Å². The first kappa shape index (κ1) is 9.37. The van der Waals surface area contributed by atoms with E-state index in [4.69, 9.17) is 0 Å². The molecule has 0 aliphatic rings.